The zero-order chi connectivity index (χ0) is 15.6. The zero-order valence-corrected chi connectivity index (χ0v) is 13.3. The van der Waals surface area contributed by atoms with Crippen molar-refractivity contribution in [3.63, 3.8) is 0 Å². The smallest absolute Gasteiger partial charge is 0.311 e. The van der Waals surface area contributed by atoms with E-state index < -0.39 is 11.4 Å². The highest BCUT2D eigenvalue weighted by atomic mass is 16.5. The average Bonchev–Trinajstić information content (AvgIpc) is 2.97. The van der Waals surface area contributed by atoms with Gasteiger partial charge in [-0.25, -0.2) is 0 Å². The Bertz CT molecular complexity index is 520. The molecule has 0 saturated carbocycles. The van der Waals surface area contributed by atoms with Crippen molar-refractivity contribution in [2.75, 3.05) is 26.8 Å². The molecular weight excluding hydrogens is 278 g/mol. The summed E-state index contributed by atoms with van der Waals surface area (Å²) in [5.74, 6) is -0.662. The van der Waals surface area contributed by atoms with E-state index in [1.54, 1.807) is 7.11 Å². The summed E-state index contributed by atoms with van der Waals surface area (Å²) in [5, 5.41) is 9.77. The van der Waals surface area contributed by atoms with Crippen LogP contribution in [-0.4, -0.2) is 48.8 Å². The number of ether oxygens (including phenoxy) is 1. The third-order valence-electron chi connectivity index (χ3n) is 5.39. The number of carboxylic acid groups (broad SMARTS) is 1. The van der Waals surface area contributed by atoms with E-state index in [0.717, 1.165) is 32.2 Å². The fraction of sp³-hybridized carbons (Fsp3) is 0.611. The summed E-state index contributed by atoms with van der Waals surface area (Å²) in [6.45, 7) is 2.19. The summed E-state index contributed by atoms with van der Waals surface area (Å²) >= 11 is 0. The molecule has 1 aromatic rings. The Balaban J connectivity index is 1.72. The number of hydrogen-bond donors (Lipinski definition) is 1. The molecular formula is C18H25NO3. The van der Waals surface area contributed by atoms with E-state index in [4.69, 9.17) is 4.74 Å². The largest absolute Gasteiger partial charge is 0.481 e. The molecule has 22 heavy (non-hydrogen) atoms. The molecule has 0 amide bonds. The molecule has 1 heterocycles. The monoisotopic (exact) mass is 303 g/mol. The lowest BCUT2D eigenvalue weighted by Gasteiger charge is -2.42. The molecule has 1 fully saturated rings. The van der Waals surface area contributed by atoms with Gasteiger partial charge in [0.25, 0.3) is 0 Å². The van der Waals surface area contributed by atoms with Gasteiger partial charge in [-0.15, -0.1) is 0 Å². The number of likely N-dealkylation sites (tertiary alicyclic amines) is 1. The number of rotatable bonds is 5. The molecule has 1 aromatic carbocycles. The summed E-state index contributed by atoms with van der Waals surface area (Å²) < 4.78 is 5.15. The molecule has 0 radical (unpaired) electrons. The summed E-state index contributed by atoms with van der Waals surface area (Å²) in [4.78, 5) is 14.3. The molecule has 0 aromatic heterocycles. The van der Waals surface area contributed by atoms with Gasteiger partial charge < -0.3 is 9.84 Å². The second kappa shape index (κ2) is 6.39. The molecule has 4 heteroatoms. The zero-order valence-electron chi connectivity index (χ0n) is 13.3. The number of piperidine rings is 1. The lowest BCUT2D eigenvalue weighted by Crippen LogP contribution is -2.52. The second-order valence-corrected chi connectivity index (χ2v) is 6.73. The van der Waals surface area contributed by atoms with E-state index in [-0.39, 0.29) is 0 Å². The third kappa shape index (κ3) is 2.90. The van der Waals surface area contributed by atoms with Crippen molar-refractivity contribution in [1.82, 2.24) is 4.90 Å². The molecule has 4 nitrogen and oxygen atoms in total. The minimum absolute atomic E-state index is 0.457. The Hall–Kier alpha value is -1.39. The Morgan fingerprint density at radius 3 is 2.64 bits per heavy atom. The minimum Gasteiger partial charge on any atom is -0.481 e. The van der Waals surface area contributed by atoms with E-state index in [2.05, 4.69) is 29.2 Å². The summed E-state index contributed by atoms with van der Waals surface area (Å²) in [7, 11) is 1.64. The van der Waals surface area contributed by atoms with Crippen molar-refractivity contribution < 1.29 is 14.6 Å². The van der Waals surface area contributed by atoms with Crippen LogP contribution in [0.25, 0.3) is 0 Å². The summed E-state index contributed by atoms with van der Waals surface area (Å²) in [6.07, 6.45) is 4.44. The summed E-state index contributed by atoms with van der Waals surface area (Å²) in [6, 6.07) is 9.05. The molecule has 0 spiro atoms. The quantitative estimate of drug-likeness (QED) is 0.907. The van der Waals surface area contributed by atoms with Crippen LogP contribution in [0.4, 0.5) is 0 Å². The molecule has 2 aliphatic rings. The molecule has 1 unspecified atom stereocenters. The van der Waals surface area contributed by atoms with Gasteiger partial charge >= 0.3 is 5.97 Å². The van der Waals surface area contributed by atoms with E-state index in [9.17, 15) is 9.90 Å². The van der Waals surface area contributed by atoms with Gasteiger partial charge in [0, 0.05) is 26.3 Å². The predicted molar refractivity (Wildman–Crippen MR) is 85.0 cm³/mol. The molecule has 3 rings (SSSR count). The van der Waals surface area contributed by atoms with Gasteiger partial charge in [0.05, 0.1) is 5.41 Å². The number of nitrogens with zero attached hydrogens (tertiary/aromatic N) is 1. The van der Waals surface area contributed by atoms with Crippen molar-refractivity contribution in [2.24, 2.45) is 5.41 Å². The molecule has 1 saturated heterocycles. The number of carboxylic acids is 1. The molecule has 1 atom stereocenters. The van der Waals surface area contributed by atoms with Crippen LogP contribution in [0.3, 0.4) is 0 Å². The van der Waals surface area contributed by atoms with Crippen molar-refractivity contribution in [3.05, 3.63) is 35.4 Å². The second-order valence-electron chi connectivity index (χ2n) is 6.73. The number of benzene rings is 1. The number of fused-ring (bicyclic) bond motifs is 1. The number of hydrogen-bond acceptors (Lipinski definition) is 3. The highest BCUT2D eigenvalue weighted by Gasteiger charge is 2.44. The van der Waals surface area contributed by atoms with Gasteiger partial charge in [0.15, 0.2) is 0 Å². The van der Waals surface area contributed by atoms with Crippen LogP contribution in [0.15, 0.2) is 24.3 Å². The van der Waals surface area contributed by atoms with E-state index >= 15 is 0 Å². The van der Waals surface area contributed by atoms with Crippen LogP contribution < -0.4 is 0 Å². The number of aliphatic carboxylic acids is 1. The van der Waals surface area contributed by atoms with Crippen molar-refractivity contribution in [2.45, 2.75) is 38.1 Å². The maximum Gasteiger partial charge on any atom is 0.311 e. The van der Waals surface area contributed by atoms with Crippen LogP contribution >= 0.6 is 0 Å². The summed E-state index contributed by atoms with van der Waals surface area (Å²) in [5.41, 5.74) is 2.22. The first-order valence-electron chi connectivity index (χ1n) is 8.18. The van der Waals surface area contributed by atoms with Crippen LogP contribution in [0.5, 0.6) is 0 Å². The van der Waals surface area contributed by atoms with Crippen LogP contribution in [-0.2, 0) is 22.4 Å². The topological polar surface area (TPSA) is 49.8 Å². The Kier molecular flexibility index (Phi) is 4.50. The van der Waals surface area contributed by atoms with Crippen LogP contribution in [0.1, 0.15) is 30.4 Å². The SMILES string of the molecule is COCCC1(C(=O)O)CCCN(C2Cc3ccccc3C2)C1. The third-order valence-corrected chi connectivity index (χ3v) is 5.39. The standard InChI is InChI=1S/C18H25NO3/c1-22-10-8-18(17(20)21)7-4-9-19(13-18)16-11-14-5-2-3-6-15(14)12-16/h2-3,5-6,16H,4,7-13H2,1H3,(H,20,21). The van der Waals surface area contributed by atoms with E-state index in [1.807, 2.05) is 0 Å². The molecule has 1 aliphatic heterocycles. The highest BCUT2D eigenvalue weighted by Crippen LogP contribution is 2.37. The predicted octanol–water partition coefficient (Wildman–Crippen LogP) is 2.36. The minimum atomic E-state index is -0.662. The number of methoxy groups -OCH3 is 1. The lowest BCUT2D eigenvalue weighted by atomic mass is 9.76. The fourth-order valence-electron chi connectivity index (χ4n) is 4.06. The van der Waals surface area contributed by atoms with Crippen molar-refractivity contribution >= 4 is 5.97 Å². The average molecular weight is 303 g/mol. The maximum absolute atomic E-state index is 11.9. The first-order valence-corrected chi connectivity index (χ1v) is 8.18. The van der Waals surface area contributed by atoms with E-state index in [1.165, 1.54) is 11.1 Å². The Morgan fingerprint density at radius 1 is 1.36 bits per heavy atom. The molecule has 120 valence electrons. The maximum atomic E-state index is 11.9. The normalized spacial score (nSPS) is 26.0. The first-order chi connectivity index (χ1) is 10.6. The Labute approximate surface area is 132 Å². The van der Waals surface area contributed by atoms with Gasteiger partial charge in [0.1, 0.15) is 0 Å². The molecule has 1 N–H and O–H groups in total. The van der Waals surface area contributed by atoms with Gasteiger partial charge in [-0.2, -0.15) is 0 Å². The van der Waals surface area contributed by atoms with Crippen LogP contribution in [0, 0.1) is 5.41 Å². The lowest BCUT2D eigenvalue weighted by molar-refractivity contribution is -0.154. The Morgan fingerprint density at radius 2 is 2.05 bits per heavy atom. The van der Waals surface area contributed by atoms with Gasteiger partial charge in [-0.05, 0) is 49.8 Å². The van der Waals surface area contributed by atoms with Crippen molar-refractivity contribution in [3.8, 4) is 0 Å². The van der Waals surface area contributed by atoms with Gasteiger partial charge in [-0.1, -0.05) is 24.3 Å². The fourth-order valence-corrected chi connectivity index (χ4v) is 4.06. The van der Waals surface area contributed by atoms with Crippen LogP contribution in [0.2, 0.25) is 0 Å². The number of carbonyl (C=O) groups is 1. The van der Waals surface area contributed by atoms with Crippen molar-refractivity contribution in [1.29, 1.82) is 0 Å². The van der Waals surface area contributed by atoms with Gasteiger partial charge in [0.2, 0.25) is 0 Å². The molecule has 1 aliphatic carbocycles. The van der Waals surface area contributed by atoms with E-state index in [0.29, 0.717) is 25.6 Å². The molecule has 0 bridgehead atoms. The first kappa shape index (κ1) is 15.5. The highest BCUT2D eigenvalue weighted by molar-refractivity contribution is 5.75. The van der Waals surface area contributed by atoms with Gasteiger partial charge in [-0.3, -0.25) is 9.69 Å².